The molecule has 0 heterocycles. The molecule has 128 valence electrons. The van der Waals surface area contributed by atoms with Crippen LogP contribution >= 0.6 is 45.8 Å². The molecule has 0 saturated heterocycles. The smallest absolute Gasteiger partial charge is 0.352 e. The Labute approximate surface area is 169 Å². The van der Waals surface area contributed by atoms with Crippen molar-refractivity contribution in [2.75, 3.05) is 0 Å². The van der Waals surface area contributed by atoms with Crippen molar-refractivity contribution >= 4 is 62.5 Å². The van der Waals surface area contributed by atoms with Gasteiger partial charge in [0.2, 0.25) is 0 Å². The van der Waals surface area contributed by atoms with Gasteiger partial charge in [-0.1, -0.05) is 53.5 Å². The molecule has 25 heavy (non-hydrogen) atoms. The molecule has 3 aromatic carbocycles. The SMILES string of the molecule is CC(Oc1ccc(Cl)cc1Cl)C(=O)Oc1ccc2ccccc2c1I. The Morgan fingerprint density at radius 3 is 2.52 bits per heavy atom. The molecule has 1 unspecified atom stereocenters. The number of carbonyl (C=O) groups excluding carboxylic acids is 1. The van der Waals surface area contributed by atoms with Crippen LogP contribution in [0.2, 0.25) is 10.0 Å². The third kappa shape index (κ3) is 4.19. The Morgan fingerprint density at radius 1 is 1.04 bits per heavy atom. The van der Waals surface area contributed by atoms with Gasteiger partial charge >= 0.3 is 5.97 Å². The maximum Gasteiger partial charge on any atom is 0.352 e. The van der Waals surface area contributed by atoms with Crippen LogP contribution in [0, 0.1) is 3.57 Å². The van der Waals surface area contributed by atoms with E-state index < -0.39 is 12.1 Å². The molecule has 0 saturated carbocycles. The number of fused-ring (bicyclic) bond motifs is 1. The number of rotatable bonds is 4. The summed E-state index contributed by atoms with van der Waals surface area (Å²) in [4.78, 5) is 12.4. The van der Waals surface area contributed by atoms with Gasteiger partial charge in [-0.3, -0.25) is 0 Å². The lowest BCUT2D eigenvalue weighted by atomic mass is 10.1. The average molecular weight is 487 g/mol. The highest BCUT2D eigenvalue weighted by atomic mass is 127. The highest BCUT2D eigenvalue weighted by Crippen LogP contribution is 2.31. The summed E-state index contributed by atoms with van der Waals surface area (Å²) in [5.41, 5.74) is 0. The fraction of sp³-hybridized carbons (Fsp3) is 0.105. The van der Waals surface area contributed by atoms with Gasteiger partial charge in [0.15, 0.2) is 6.10 Å². The summed E-state index contributed by atoms with van der Waals surface area (Å²) in [6, 6.07) is 16.4. The monoisotopic (exact) mass is 486 g/mol. The van der Waals surface area contributed by atoms with Crippen LogP contribution in [0.15, 0.2) is 54.6 Å². The maximum atomic E-state index is 12.4. The van der Waals surface area contributed by atoms with Crippen molar-refractivity contribution in [1.29, 1.82) is 0 Å². The first-order valence-corrected chi connectivity index (χ1v) is 9.30. The molecule has 0 aliphatic heterocycles. The molecule has 0 aliphatic rings. The zero-order valence-electron chi connectivity index (χ0n) is 13.1. The number of benzene rings is 3. The van der Waals surface area contributed by atoms with Gasteiger partial charge in [0.05, 0.1) is 8.59 Å². The minimum Gasteiger partial charge on any atom is -0.477 e. The first kappa shape index (κ1) is 18.3. The molecule has 0 radical (unpaired) electrons. The second-order valence-electron chi connectivity index (χ2n) is 5.35. The normalized spacial score (nSPS) is 12.0. The van der Waals surface area contributed by atoms with Crippen LogP contribution in [-0.2, 0) is 4.79 Å². The summed E-state index contributed by atoms with van der Waals surface area (Å²) >= 11 is 14.1. The first-order chi connectivity index (χ1) is 12.0. The van der Waals surface area contributed by atoms with Crippen molar-refractivity contribution in [3.05, 3.63) is 68.2 Å². The fourth-order valence-electron chi connectivity index (χ4n) is 2.29. The maximum absolute atomic E-state index is 12.4. The van der Waals surface area contributed by atoms with Gasteiger partial charge in [-0.05, 0) is 64.6 Å². The van der Waals surface area contributed by atoms with E-state index in [1.807, 2.05) is 30.3 Å². The van der Waals surface area contributed by atoms with E-state index in [-0.39, 0.29) is 0 Å². The molecule has 3 aromatic rings. The zero-order valence-corrected chi connectivity index (χ0v) is 16.8. The third-order valence-corrected chi connectivity index (χ3v) is 5.21. The molecule has 3 nitrogen and oxygen atoms in total. The second kappa shape index (κ2) is 7.81. The summed E-state index contributed by atoms with van der Waals surface area (Å²) < 4.78 is 12.0. The largest absolute Gasteiger partial charge is 0.477 e. The molecule has 0 fully saturated rings. The van der Waals surface area contributed by atoms with Crippen LogP contribution in [0.25, 0.3) is 10.8 Å². The van der Waals surface area contributed by atoms with Gasteiger partial charge in [0, 0.05) is 5.02 Å². The minimum absolute atomic E-state index is 0.340. The molecular formula is C19H13Cl2IO3. The van der Waals surface area contributed by atoms with E-state index in [1.165, 1.54) is 0 Å². The van der Waals surface area contributed by atoms with Crippen molar-refractivity contribution < 1.29 is 14.3 Å². The van der Waals surface area contributed by atoms with Crippen molar-refractivity contribution in [2.24, 2.45) is 0 Å². The van der Waals surface area contributed by atoms with E-state index in [0.29, 0.717) is 21.5 Å². The third-order valence-electron chi connectivity index (χ3n) is 3.57. The van der Waals surface area contributed by atoms with Crippen molar-refractivity contribution in [2.45, 2.75) is 13.0 Å². The fourth-order valence-corrected chi connectivity index (χ4v) is 3.53. The van der Waals surface area contributed by atoms with Gasteiger partial charge < -0.3 is 9.47 Å². The lowest BCUT2D eigenvalue weighted by Gasteiger charge is -2.16. The Balaban J connectivity index is 1.76. The predicted octanol–water partition coefficient (Wildman–Crippen LogP) is 6.12. The van der Waals surface area contributed by atoms with Crippen LogP contribution < -0.4 is 9.47 Å². The zero-order chi connectivity index (χ0) is 18.0. The molecule has 0 N–H and O–H groups in total. The lowest BCUT2D eigenvalue weighted by molar-refractivity contribution is -0.141. The molecule has 0 aliphatic carbocycles. The summed E-state index contributed by atoms with van der Waals surface area (Å²) in [7, 11) is 0. The van der Waals surface area contributed by atoms with E-state index >= 15 is 0 Å². The Morgan fingerprint density at radius 2 is 1.76 bits per heavy atom. The van der Waals surface area contributed by atoms with Crippen molar-refractivity contribution in [3.8, 4) is 11.5 Å². The molecule has 0 aromatic heterocycles. The second-order valence-corrected chi connectivity index (χ2v) is 7.28. The highest BCUT2D eigenvalue weighted by molar-refractivity contribution is 14.1. The molecule has 3 rings (SSSR count). The highest BCUT2D eigenvalue weighted by Gasteiger charge is 2.20. The Kier molecular flexibility index (Phi) is 5.71. The summed E-state index contributed by atoms with van der Waals surface area (Å²) in [6.45, 7) is 1.61. The summed E-state index contributed by atoms with van der Waals surface area (Å²) in [5, 5.41) is 2.96. The van der Waals surface area contributed by atoms with Gasteiger partial charge in [0.1, 0.15) is 11.5 Å². The summed E-state index contributed by atoms with van der Waals surface area (Å²) in [5.74, 6) is 0.380. The number of esters is 1. The van der Waals surface area contributed by atoms with Gasteiger partial charge in [0.25, 0.3) is 0 Å². The number of ether oxygens (including phenoxy) is 2. The number of halogens is 3. The quantitative estimate of drug-likeness (QED) is 0.253. The number of hydrogen-bond acceptors (Lipinski definition) is 3. The average Bonchev–Trinajstić information content (AvgIpc) is 2.60. The molecular weight excluding hydrogens is 474 g/mol. The molecule has 0 amide bonds. The summed E-state index contributed by atoms with van der Waals surface area (Å²) in [6.07, 6.45) is -0.819. The number of hydrogen-bond donors (Lipinski definition) is 0. The standard InChI is InChI=1S/C19H13Cl2IO3/c1-11(24-16-9-7-13(20)10-15(16)21)19(23)25-17-8-6-12-4-2-3-5-14(12)18(17)22/h2-11H,1H3. The van der Waals surface area contributed by atoms with Crippen LogP contribution in [-0.4, -0.2) is 12.1 Å². The topological polar surface area (TPSA) is 35.5 Å². The predicted molar refractivity (Wildman–Crippen MR) is 109 cm³/mol. The Hall–Kier alpha value is -1.50. The van der Waals surface area contributed by atoms with E-state index in [2.05, 4.69) is 22.6 Å². The van der Waals surface area contributed by atoms with Crippen LogP contribution in [0.3, 0.4) is 0 Å². The van der Waals surface area contributed by atoms with Crippen LogP contribution in [0.4, 0.5) is 0 Å². The molecule has 0 bridgehead atoms. The van der Waals surface area contributed by atoms with Gasteiger partial charge in [-0.25, -0.2) is 4.79 Å². The van der Waals surface area contributed by atoms with E-state index in [9.17, 15) is 4.79 Å². The molecule has 1 atom stereocenters. The molecule has 0 spiro atoms. The van der Waals surface area contributed by atoms with E-state index in [1.54, 1.807) is 31.2 Å². The van der Waals surface area contributed by atoms with Gasteiger partial charge in [-0.15, -0.1) is 0 Å². The molecule has 6 heteroatoms. The Bertz CT molecular complexity index is 943. The van der Waals surface area contributed by atoms with Crippen molar-refractivity contribution in [3.63, 3.8) is 0 Å². The van der Waals surface area contributed by atoms with Crippen molar-refractivity contribution in [1.82, 2.24) is 0 Å². The minimum atomic E-state index is -0.819. The van der Waals surface area contributed by atoms with E-state index in [4.69, 9.17) is 32.7 Å². The lowest BCUT2D eigenvalue weighted by Crippen LogP contribution is -2.28. The number of carbonyl (C=O) groups is 1. The van der Waals surface area contributed by atoms with Crippen LogP contribution in [0.5, 0.6) is 11.5 Å². The first-order valence-electron chi connectivity index (χ1n) is 7.46. The van der Waals surface area contributed by atoms with E-state index in [0.717, 1.165) is 14.3 Å². The van der Waals surface area contributed by atoms with Crippen LogP contribution in [0.1, 0.15) is 6.92 Å². The van der Waals surface area contributed by atoms with Gasteiger partial charge in [-0.2, -0.15) is 0 Å².